The van der Waals surface area contributed by atoms with Crippen molar-refractivity contribution in [2.24, 2.45) is 0 Å². The number of pyridine rings is 1. The highest BCUT2D eigenvalue weighted by molar-refractivity contribution is 8.00. The number of hydrogen-bond donors (Lipinski definition) is 1. The van der Waals surface area contributed by atoms with Crippen molar-refractivity contribution in [1.29, 1.82) is 0 Å². The van der Waals surface area contributed by atoms with E-state index < -0.39 is 15.3 Å². The average Bonchev–Trinajstić information content (AvgIpc) is 2.71. The van der Waals surface area contributed by atoms with Crippen LogP contribution in [-0.2, 0) is 14.8 Å². The Kier molecular flexibility index (Phi) is 8.54. The lowest BCUT2D eigenvalue weighted by Crippen LogP contribution is -2.30. The van der Waals surface area contributed by atoms with Crippen LogP contribution in [0.25, 0.3) is 0 Å². The number of aryl methyl sites for hydroxylation is 1. The number of carbonyl (C=O) groups is 1. The molecule has 1 heterocycles. The van der Waals surface area contributed by atoms with Crippen molar-refractivity contribution >= 4 is 45.0 Å². The highest BCUT2D eigenvalue weighted by atomic mass is 35.5. The number of amides is 1. The number of aromatic nitrogens is 1. The summed E-state index contributed by atoms with van der Waals surface area (Å²) in [4.78, 5) is 17.0. The molecule has 0 radical (unpaired) electrons. The zero-order valence-corrected chi connectivity index (χ0v) is 20.0. The second-order valence-electron chi connectivity index (χ2n) is 6.47. The van der Waals surface area contributed by atoms with E-state index in [2.05, 4.69) is 10.3 Å². The number of thioether (sulfide) groups is 1. The maximum atomic E-state index is 12.6. The quantitative estimate of drug-likeness (QED) is 0.551. The van der Waals surface area contributed by atoms with Gasteiger partial charge in [-0.2, -0.15) is 4.31 Å². The van der Waals surface area contributed by atoms with Gasteiger partial charge in [-0.15, -0.1) is 0 Å². The Morgan fingerprint density at radius 3 is 2.50 bits per heavy atom. The van der Waals surface area contributed by atoms with Crippen LogP contribution >= 0.6 is 23.4 Å². The lowest BCUT2D eigenvalue weighted by Gasteiger charge is -2.18. The molecule has 1 aromatic heterocycles. The third kappa shape index (κ3) is 5.66. The maximum Gasteiger partial charge on any atom is 0.244 e. The zero-order valence-electron chi connectivity index (χ0n) is 17.6. The van der Waals surface area contributed by atoms with Gasteiger partial charge in [-0.3, -0.25) is 4.79 Å². The molecule has 30 heavy (non-hydrogen) atoms. The van der Waals surface area contributed by atoms with Gasteiger partial charge in [-0.1, -0.05) is 37.2 Å². The molecule has 0 fully saturated rings. The molecule has 0 aliphatic rings. The molecule has 0 aliphatic heterocycles. The number of sulfonamides is 1. The molecule has 0 bridgehead atoms. The third-order valence-corrected chi connectivity index (χ3v) is 7.95. The highest BCUT2D eigenvalue weighted by Gasteiger charge is 2.23. The molecule has 0 aliphatic carbocycles. The van der Waals surface area contributed by atoms with Crippen molar-refractivity contribution in [3.63, 3.8) is 0 Å². The van der Waals surface area contributed by atoms with Gasteiger partial charge in [-0.05, 0) is 37.6 Å². The molecule has 0 spiro atoms. The molecule has 1 unspecified atom stereocenters. The van der Waals surface area contributed by atoms with Crippen LogP contribution in [0.5, 0.6) is 5.75 Å². The summed E-state index contributed by atoms with van der Waals surface area (Å²) in [6, 6.07) is 6.53. The number of benzene rings is 1. The van der Waals surface area contributed by atoms with Crippen molar-refractivity contribution < 1.29 is 17.9 Å². The number of nitrogens with zero attached hydrogens (tertiary/aromatic N) is 2. The summed E-state index contributed by atoms with van der Waals surface area (Å²) in [7, 11) is -2.05. The van der Waals surface area contributed by atoms with E-state index in [1.165, 1.54) is 35.4 Å². The Hall–Kier alpha value is -1.81. The van der Waals surface area contributed by atoms with Crippen LogP contribution in [-0.4, -0.2) is 49.1 Å². The minimum Gasteiger partial charge on any atom is -0.495 e. The Labute approximate surface area is 187 Å². The van der Waals surface area contributed by atoms with E-state index >= 15 is 0 Å². The highest BCUT2D eigenvalue weighted by Crippen LogP contribution is 2.32. The molecule has 10 heteroatoms. The van der Waals surface area contributed by atoms with Gasteiger partial charge in [0.25, 0.3) is 0 Å². The number of ether oxygens (including phenoxy) is 1. The van der Waals surface area contributed by atoms with Crippen molar-refractivity contribution in [2.45, 2.75) is 42.9 Å². The molecule has 1 atom stereocenters. The molecular weight excluding hydrogens is 446 g/mol. The average molecular weight is 472 g/mol. The van der Waals surface area contributed by atoms with Crippen molar-refractivity contribution in [3.8, 4) is 5.75 Å². The number of anilines is 1. The van der Waals surface area contributed by atoms with Gasteiger partial charge in [0.1, 0.15) is 10.6 Å². The van der Waals surface area contributed by atoms with E-state index in [0.717, 1.165) is 5.56 Å². The largest absolute Gasteiger partial charge is 0.495 e. The number of nitrogens with one attached hydrogen (secondary N) is 1. The van der Waals surface area contributed by atoms with E-state index in [1.54, 1.807) is 39.0 Å². The number of hydrogen-bond acceptors (Lipinski definition) is 6. The number of methoxy groups -OCH3 is 1. The Morgan fingerprint density at radius 2 is 1.97 bits per heavy atom. The van der Waals surface area contributed by atoms with E-state index in [1.807, 2.05) is 6.92 Å². The van der Waals surface area contributed by atoms with Gasteiger partial charge in [0.15, 0.2) is 0 Å². The normalized spacial score (nSPS) is 12.6. The topological polar surface area (TPSA) is 88.6 Å². The fourth-order valence-corrected chi connectivity index (χ4v) is 5.05. The SMILES string of the molecule is CCN(CC)S(=O)(=O)c1ccc(SC(C)C(=O)Nc2cc(C)c(Cl)cc2OC)nc1. The molecule has 1 aromatic carbocycles. The van der Waals surface area contributed by atoms with E-state index in [0.29, 0.717) is 34.6 Å². The minimum absolute atomic E-state index is 0.133. The first-order valence-corrected chi connectivity index (χ1v) is 12.1. The standard InChI is InChI=1S/C20H26ClN3O4S2/c1-6-24(7-2)30(26,27)15-8-9-19(22-12-15)29-14(4)20(25)23-17-10-13(3)16(21)11-18(17)28-5/h8-12,14H,6-7H2,1-5H3,(H,23,25). The number of rotatable bonds is 9. The summed E-state index contributed by atoms with van der Waals surface area (Å²) in [5.74, 6) is 0.238. The van der Waals surface area contributed by atoms with Crippen LogP contribution in [0.1, 0.15) is 26.3 Å². The fourth-order valence-electron chi connectivity index (χ4n) is 2.70. The molecule has 7 nitrogen and oxygen atoms in total. The summed E-state index contributed by atoms with van der Waals surface area (Å²) < 4.78 is 31.7. The molecule has 1 amide bonds. The Balaban J connectivity index is 2.10. The van der Waals surface area contributed by atoms with Crippen LogP contribution < -0.4 is 10.1 Å². The van der Waals surface area contributed by atoms with Crippen molar-refractivity contribution in [1.82, 2.24) is 9.29 Å². The first kappa shape index (κ1) is 24.5. The smallest absolute Gasteiger partial charge is 0.244 e. The van der Waals surface area contributed by atoms with Gasteiger partial charge in [-0.25, -0.2) is 13.4 Å². The number of carbonyl (C=O) groups excluding carboxylic acids is 1. The number of halogens is 1. The molecule has 0 saturated heterocycles. The summed E-state index contributed by atoms with van der Waals surface area (Å²) in [6.07, 6.45) is 1.33. The first-order valence-electron chi connectivity index (χ1n) is 9.41. The minimum atomic E-state index is -3.56. The van der Waals surface area contributed by atoms with Gasteiger partial charge in [0, 0.05) is 30.4 Å². The van der Waals surface area contributed by atoms with Crippen LogP contribution in [0.15, 0.2) is 40.4 Å². The summed E-state index contributed by atoms with van der Waals surface area (Å²) in [5, 5.41) is 3.48. The molecule has 2 aromatic rings. The predicted octanol–water partition coefficient (Wildman–Crippen LogP) is 4.20. The summed E-state index contributed by atoms with van der Waals surface area (Å²) in [5.41, 5.74) is 1.35. The van der Waals surface area contributed by atoms with E-state index in [9.17, 15) is 13.2 Å². The van der Waals surface area contributed by atoms with Crippen LogP contribution in [0.3, 0.4) is 0 Å². The second kappa shape index (κ2) is 10.5. The second-order valence-corrected chi connectivity index (χ2v) is 10.2. The molecule has 2 rings (SSSR count). The lowest BCUT2D eigenvalue weighted by atomic mass is 10.2. The Bertz CT molecular complexity index is 994. The molecular formula is C20H26ClN3O4S2. The van der Waals surface area contributed by atoms with Crippen LogP contribution in [0.4, 0.5) is 5.69 Å². The Morgan fingerprint density at radius 1 is 1.30 bits per heavy atom. The molecule has 0 saturated carbocycles. The van der Waals surface area contributed by atoms with Gasteiger partial charge >= 0.3 is 0 Å². The summed E-state index contributed by atoms with van der Waals surface area (Å²) in [6.45, 7) is 7.94. The van der Waals surface area contributed by atoms with E-state index in [-0.39, 0.29) is 10.8 Å². The monoisotopic (exact) mass is 471 g/mol. The fraction of sp³-hybridized carbons (Fsp3) is 0.400. The van der Waals surface area contributed by atoms with Crippen LogP contribution in [0, 0.1) is 6.92 Å². The van der Waals surface area contributed by atoms with E-state index in [4.69, 9.17) is 16.3 Å². The molecule has 164 valence electrons. The maximum absolute atomic E-state index is 12.6. The van der Waals surface area contributed by atoms with Gasteiger partial charge in [0.05, 0.1) is 23.1 Å². The summed E-state index contributed by atoms with van der Waals surface area (Å²) >= 11 is 7.34. The van der Waals surface area contributed by atoms with Crippen molar-refractivity contribution in [2.75, 3.05) is 25.5 Å². The zero-order chi connectivity index (χ0) is 22.5. The third-order valence-electron chi connectivity index (χ3n) is 4.46. The molecule has 1 N–H and O–H groups in total. The van der Waals surface area contributed by atoms with Crippen LogP contribution in [0.2, 0.25) is 5.02 Å². The van der Waals surface area contributed by atoms with Gasteiger partial charge in [0.2, 0.25) is 15.9 Å². The lowest BCUT2D eigenvalue weighted by molar-refractivity contribution is -0.115. The first-order chi connectivity index (χ1) is 14.1. The van der Waals surface area contributed by atoms with Gasteiger partial charge < -0.3 is 10.1 Å². The predicted molar refractivity (Wildman–Crippen MR) is 121 cm³/mol. The van der Waals surface area contributed by atoms with Crippen molar-refractivity contribution in [3.05, 3.63) is 41.0 Å².